The zero-order valence-corrected chi connectivity index (χ0v) is 9.97. The molecule has 1 saturated heterocycles. The van der Waals surface area contributed by atoms with E-state index in [1.807, 2.05) is 0 Å². The Balaban J connectivity index is 1.69. The molecule has 2 saturated carbocycles. The fourth-order valence-electron chi connectivity index (χ4n) is 3.83. The van der Waals surface area contributed by atoms with E-state index in [2.05, 4.69) is 0 Å². The van der Waals surface area contributed by atoms with Crippen molar-refractivity contribution in [3.63, 3.8) is 0 Å². The number of amides is 1. The van der Waals surface area contributed by atoms with E-state index in [-0.39, 0.29) is 11.8 Å². The molecule has 17 heavy (non-hydrogen) atoms. The SMILES string of the molecule is O=C(O)[C@H]1CCCCN1C(=O)C1[C@H]2CCC[C@H]12. The molecule has 0 spiro atoms. The molecule has 3 rings (SSSR count). The van der Waals surface area contributed by atoms with E-state index >= 15 is 0 Å². The first-order chi connectivity index (χ1) is 8.20. The van der Waals surface area contributed by atoms with Crippen LogP contribution in [0.4, 0.5) is 0 Å². The van der Waals surface area contributed by atoms with Crippen molar-refractivity contribution in [3.8, 4) is 0 Å². The van der Waals surface area contributed by atoms with Crippen molar-refractivity contribution in [1.82, 2.24) is 4.90 Å². The number of hydrogen-bond donors (Lipinski definition) is 1. The smallest absolute Gasteiger partial charge is 0.326 e. The fourth-order valence-corrected chi connectivity index (χ4v) is 3.83. The van der Waals surface area contributed by atoms with Crippen LogP contribution >= 0.6 is 0 Å². The van der Waals surface area contributed by atoms with Crippen LogP contribution in [0.1, 0.15) is 38.5 Å². The summed E-state index contributed by atoms with van der Waals surface area (Å²) in [6.45, 7) is 0.645. The van der Waals surface area contributed by atoms with Crippen LogP contribution in [0.25, 0.3) is 0 Å². The number of hydrogen-bond acceptors (Lipinski definition) is 2. The Labute approximate surface area is 101 Å². The van der Waals surface area contributed by atoms with Gasteiger partial charge in [-0.2, -0.15) is 0 Å². The van der Waals surface area contributed by atoms with Gasteiger partial charge in [-0.15, -0.1) is 0 Å². The number of fused-ring (bicyclic) bond motifs is 1. The summed E-state index contributed by atoms with van der Waals surface area (Å²) < 4.78 is 0. The maximum atomic E-state index is 12.4. The first-order valence-electron chi connectivity index (χ1n) is 6.73. The Morgan fingerprint density at radius 1 is 1.00 bits per heavy atom. The number of likely N-dealkylation sites (tertiary alicyclic amines) is 1. The van der Waals surface area contributed by atoms with Gasteiger partial charge in [0.15, 0.2) is 0 Å². The van der Waals surface area contributed by atoms with E-state index in [0.717, 1.165) is 12.8 Å². The van der Waals surface area contributed by atoms with Crippen molar-refractivity contribution in [2.45, 2.75) is 44.6 Å². The molecule has 1 N–H and O–H groups in total. The highest BCUT2D eigenvalue weighted by Gasteiger charge is 2.58. The lowest BCUT2D eigenvalue weighted by molar-refractivity contribution is -0.153. The predicted octanol–water partition coefficient (Wildman–Crippen LogP) is 1.50. The summed E-state index contributed by atoms with van der Waals surface area (Å²) in [6.07, 6.45) is 6.11. The lowest BCUT2D eigenvalue weighted by atomic mass is 10.0. The molecule has 4 nitrogen and oxygen atoms in total. The topological polar surface area (TPSA) is 57.6 Å². The Morgan fingerprint density at radius 2 is 1.71 bits per heavy atom. The summed E-state index contributed by atoms with van der Waals surface area (Å²) in [6, 6.07) is -0.558. The highest BCUT2D eigenvalue weighted by atomic mass is 16.4. The van der Waals surface area contributed by atoms with E-state index in [9.17, 15) is 9.59 Å². The van der Waals surface area contributed by atoms with E-state index in [1.165, 1.54) is 19.3 Å². The number of carbonyl (C=O) groups is 2. The third-order valence-electron chi connectivity index (χ3n) is 4.76. The minimum atomic E-state index is -0.830. The van der Waals surface area contributed by atoms with Crippen LogP contribution in [0.2, 0.25) is 0 Å². The Hall–Kier alpha value is -1.06. The standard InChI is InChI=1S/C13H19NO3/c15-12(11-8-4-3-5-9(8)11)14-7-2-1-6-10(14)13(16)17/h8-11H,1-7H2,(H,16,17)/t8-,9-,10+/m0/s1. The van der Waals surface area contributed by atoms with Crippen LogP contribution in [0.15, 0.2) is 0 Å². The molecule has 1 amide bonds. The summed E-state index contributed by atoms with van der Waals surface area (Å²) in [5.41, 5.74) is 0. The van der Waals surface area contributed by atoms with Crippen molar-refractivity contribution >= 4 is 11.9 Å². The molecule has 0 bridgehead atoms. The van der Waals surface area contributed by atoms with Gasteiger partial charge >= 0.3 is 5.97 Å². The first kappa shape index (κ1) is 11.1. The molecule has 1 heterocycles. The first-order valence-corrected chi connectivity index (χ1v) is 6.73. The Bertz CT molecular complexity index is 345. The number of piperidine rings is 1. The average molecular weight is 237 g/mol. The van der Waals surface area contributed by atoms with Crippen LogP contribution in [0.5, 0.6) is 0 Å². The maximum absolute atomic E-state index is 12.4. The normalized spacial score (nSPS) is 39.9. The van der Waals surface area contributed by atoms with Crippen molar-refractivity contribution in [1.29, 1.82) is 0 Å². The van der Waals surface area contributed by atoms with Crippen LogP contribution in [0.3, 0.4) is 0 Å². The summed E-state index contributed by atoms with van der Waals surface area (Å²) in [5.74, 6) is 0.636. The number of carboxylic acid groups (broad SMARTS) is 1. The number of carboxylic acids is 1. The molecule has 0 aromatic heterocycles. The number of nitrogens with zero attached hydrogens (tertiary/aromatic N) is 1. The second kappa shape index (κ2) is 4.00. The molecule has 0 radical (unpaired) electrons. The molecule has 3 fully saturated rings. The molecule has 1 aliphatic heterocycles. The quantitative estimate of drug-likeness (QED) is 0.791. The van der Waals surface area contributed by atoms with Crippen molar-refractivity contribution in [2.75, 3.05) is 6.54 Å². The largest absolute Gasteiger partial charge is 0.480 e. The van der Waals surface area contributed by atoms with Crippen LogP contribution < -0.4 is 0 Å². The summed E-state index contributed by atoms with van der Waals surface area (Å²) in [5, 5.41) is 9.17. The van der Waals surface area contributed by atoms with E-state index in [0.29, 0.717) is 24.8 Å². The van der Waals surface area contributed by atoms with E-state index < -0.39 is 12.0 Å². The summed E-state index contributed by atoms with van der Waals surface area (Å²) in [7, 11) is 0. The van der Waals surface area contributed by atoms with Crippen molar-refractivity contribution < 1.29 is 14.7 Å². The van der Waals surface area contributed by atoms with E-state index in [4.69, 9.17) is 5.11 Å². The number of aliphatic carboxylic acids is 1. The monoisotopic (exact) mass is 237 g/mol. The van der Waals surface area contributed by atoms with Gasteiger partial charge in [0, 0.05) is 12.5 Å². The maximum Gasteiger partial charge on any atom is 0.326 e. The molecule has 94 valence electrons. The Morgan fingerprint density at radius 3 is 2.35 bits per heavy atom. The minimum absolute atomic E-state index is 0.131. The van der Waals surface area contributed by atoms with Crippen molar-refractivity contribution in [3.05, 3.63) is 0 Å². The van der Waals surface area contributed by atoms with Gasteiger partial charge in [-0.05, 0) is 43.9 Å². The summed E-state index contributed by atoms with van der Waals surface area (Å²) in [4.78, 5) is 25.2. The molecule has 0 unspecified atom stereocenters. The highest BCUT2D eigenvalue weighted by Crippen LogP contribution is 2.58. The van der Waals surface area contributed by atoms with Gasteiger partial charge in [-0.25, -0.2) is 4.79 Å². The highest BCUT2D eigenvalue weighted by molar-refractivity contribution is 5.87. The zero-order valence-electron chi connectivity index (χ0n) is 9.97. The van der Waals surface area contributed by atoms with Crippen LogP contribution in [-0.4, -0.2) is 34.5 Å². The lowest BCUT2D eigenvalue weighted by Crippen LogP contribution is -2.49. The second-order valence-electron chi connectivity index (χ2n) is 5.67. The lowest BCUT2D eigenvalue weighted by Gasteiger charge is -2.33. The average Bonchev–Trinajstić information content (AvgIpc) is 2.81. The third-order valence-corrected chi connectivity index (χ3v) is 4.76. The zero-order chi connectivity index (χ0) is 12.0. The molecule has 3 aliphatic rings. The van der Waals surface area contributed by atoms with Gasteiger partial charge in [0.1, 0.15) is 6.04 Å². The fraction of sp³-hybridized carbons (Fsp3) is 0.846. The molecule has 0 aromatic rings. The van der Waals surface area contributed by atoms with Gasteiger partial charge in [-0.3, -0.25) is 4.79 Å². The van der Waals surface area contributed by atoms with Gasteiger partial charge in [0.05, 0.1) is 0 Å². The van der Waals surface area contributed by atoms with Crippen LogP contribution in [-0.2, 0) is 9.59 Å². The third kappa shape index (κ3) is 1.74. The van der Waals surface area contributed by atoms with Crippen LogP contribution in [0, 0.1) is 17.8 Å². The van der Waals surface area contributed by atoms with E-state index in [1.54, 1.807) is 4.90 Å². The van der Waals surface area contributed by atoms with Gasteiger partial charge in [0.2, 0.25) is 5.91 Å². The molecular formula is C13H19NO3. The Kier molecular flexibility index (Phi) is 2.60. The minimum Gasteiger partial charge on any atom is -0.480 e. The molecule has 3 atom stereocenters. The predicted molar refractivity (Wildman–Crippen MR) is 61.3 cm³/mol. The van der Waals surface area contributed by atoms with Gasteiger partial charge in [-0.1, -0.05) is 6.42 Å². The number of rotatable bonds is 2. The molecule has 0 aromatic carbocycles. The number of carbonyl (C=O) groups excluding carboxylic acids is 1. The van der Waals surface area contributed by atoms with Crippen molar-refractivity contribution in [2.24, 2.45) is 17.8 Å². The molecule has 4 heteroatoms. The van der Waals surface area contributed by atoms with Gasteiger partial charge in [0.25, 0.3) is 0 Å². The molecular weight excluding hydrogens is 218 g/mol. The molecule has 2 aliphatic carbocycles. The second-order valence-corrected chi connectivity index (χ2v) is 5.67. The summed E-state index contributed by atoms with van der Waals surface area (Å²) >= 11 is 0. The van der Waals surface area contributed by atoms with Gasteiger partial charge < -0.3 is 10.0 Å².